The van der Waals surface area contributed by atoms with Crippen molar-refractivity contribution < 1.29 is 23.8 Å². The number of methoxy groups -OCH3 is 1. The van der Waals surface area contributed by atoms with Gasteiger partial charge in [0.2, 0.25) is 0 Å². The highest BCUT2D eigenvalue weighted by atomic mass is 79.9. The van der Waals surface area contributed by atoms with E-state index in [9.17, 15) is 9.59 Å². The third-order valence-electron chi connectivity index (χ3n) is 5.32. The number of hydrogen-bond donors (Lipinski definition) is 1. The largest absolute Gasteiger partial charge is 0.497 e. The lowest BCUT2D eigenvalue weighted by molar-refractivity contribution is -0.118. The fourth-order valence-electron chi connectivity index (χ4n) is 3.57. The predicted molar refractivity (Wildman–Crippen MR) is 146 cm³/mol. The van der Waals surface area contributed by atoms with Crippen LogP contribution in [0.15, 0.2) is 82.6 Å². The van der Waals surface area contributed by atoms with Gasteiger partial charge in [-0.05, 0) is 63.8 Å². The van der Waals surface area contributed by atoms with E-state index < -0.39 is 5.97 Å². The molecule has 6 nitrogen and oxygen atoms in total. The maximum atomic E-state index is 12.8. The number of hydrogen-bond acceptors (Lipinski definition) is 6. The van der Waals surface area contributed by atoms with Crippen molar-refractivity contribution in [3.05, 3.63) is 88.2 Å². The number of thiophene rings is 1. The van der Waals surface area contributed by atoms with E-state index in [2.05, 4.69) is 21.2 Å². The molecule has 1 amide bonds. The normalized spacial score (nSPS) is 10.5. The number of esters is 1. The van der Waals surface area contributed by atoms with E-state index in [-0.39, 0.29) is 19.1 Å². The molecule has 8 heteroatoms. The summed E-state index contributed by atoms with van der Waals surface area (Å²) in [5, 5.41) is 5.03. The zero-order valence-corrected chi connectivity index (χ0v) is 22.1. The molecule has 1 aromatic heterocycles. The summed E-state index contributed by atoms with van der Waals surface area (Å²) in [6.07, 6.45) is 0. The molecule has 0 bridgehead atoms. The van der Waals surface area contributed by atoms with Crippen LogP contribution in [-0.4, -0.2) is 32.2 Å². The van der Waals surface area contributed by atoms with Gasteiger partial charge in [0.05, 0.1) is 18.2 Å². The van der Waals surface area contributed by atoms with Crippen LogP contribution in [0.1, 0.15) is 17.3 Å². The van der Waals surface area contributed by atoms with Crippen molar-refractivity contribution in [1.82, 2.24) is 0 Å². The molecule has 0 fully saturated rings. The van der Waals surface area contributed by atoms with E-state index >= 15 is 0 Å². The van der Waals surface area contributed by atoms with Crippen LogP contribution in [0.3, 0.4) is 0 Å². The van der Waals surface area contributed by atoms with Gasteiger partial charge in [0.25, 0.3) is 5.91 Å². The van der Waals surface area contributed by atoms with Gasteiger partial charge in [-0.2, -0.15) is 0 Å². The van der Waals surface area contributed by atoms with Crippen molar-refractivity contribution in [2.45, 2.75) is 6.92 Å². The lowest BCUT2D eigenvalue weighted by atomic mass is 10.0. The molecule has 0 aliphatic carbocycles. The summed E-state index contributed by atoms with van der Waals surface area (Å²) in [4.78, 5) is 25.5. The van der Waals surface area contributed by atoms with Crippen molar-refractivity contribution in [3.63, 3.8) is 0 Å². The fourth-order valence-corrected chi connectivity index (χ4v) is 5.04. The van der Waals surface area contributed by atoms with Crippen molar-refractivity contribution in [1.29, 1.82) is 0 Å². The number of amides is 1. The quantitative estimate of drug-likeness (QED) is 0.220. The standard InChI is InChI=1S/C28H24BrNO5S/c1-3-34-28(32)26-22(19-9-12-21(33-2)13-10-19)17-36-27(26)30-25(31)16-35-24-14-11-20(15-23(24)29)18-7-5-4-6-8-18/h4-15,17H,3,16H2,1-2H3,(H,30,31). The molecular formula is C28H24BrNO5S. The van der Waals surface area contributed by atoms with E-state index in [4.69, 9.17) is 14.2 Å². The highest BCUT2D eigenvalue weighted by molar-refractivity contribution is 9.10. The average Bonchev–Trinajstić information content (AvgIpc) is 3.32. The minimum atomic E-state index is -0.500. The van der Waals surface area contributed by atoms with Crippen LogP contribution < -0.4 is 14.8 Å². The van der Waals surface area contributed by atoms with Gasteiger partial charge in [-0.25, -0.2) is 4.79 Å². The average molecular weight is 566 g/mol. The number of carbonyl (C=O) groups excluding carboxylic acids is 2. The third-order valence-corrected chi connectivity index (χ3v) is 6.84. The molecule has 0 radical (unpaired) electrons. The topological polar surface area (TPSA) is 73.9 Å². The maximum Gasteiger partial charge on any atom is 0.341 e. The van der Waals surface area contributed by atoms with Gasteiger partial charge in [0, 0.05) is 10.9 Å². The molecule has 4 rings (SSSR count). The fraction of sp³-hybridized carbons (Fsp3) is 0.143. The Bertz CT molecular complexity index is 1350. The van der Waals surface area contributed by atoms with Gasteiger partial charge in [0.1, 0.15) is 22.1 Å². The number of benzene rings is 3. The zero-order chi connectivity index (χ0) is 25.5. The maximum absolute atomic E-state index is 12.8. The second-order valence-corrected chi connectivity index (χ2v) is 9.38. The Morgan fingerprint density at radius 2 is 1.67 bits per heavy atom. The van der Waals surface area contributed by atoms with Crippen LogP contribution in [0.2, 0.25) is 0 Å². The van der Waals surface area contributed by atoms with Crippen molar-refractivity contribution in [3.8, 4) is 33.8 Å². The summed E-state index contributed by atoms with van der Waals surface area (Å²) in [7, 11) is 1.59. The Balaban J connectivity index is 1.48. The molecule has 1 heterocycles. The van der Waals surface area contributed by atoms with E-state index in [1.54, 1.807) is 14.0 Å². The Morgan fingerprint density at radius 3 is 2.33 bits per heavy atom. The number of anilines is 1. The molecule has 0 aliphatic rings. The van der Waals surface area contributed by atoms with Gasteiger partial charge in [0.15, 0.2) is 6.61 Å². The van der Waals surface area contributed by atoms with Crippen molar-refractivity contribution in [2.75, 3.05) is 25.6 Å². The zero-order valence-electron chi connectivity index (χ0n) is 19.7. The van der Waals surface area contributed by atoms with E-state index in [1.807, 2.05) is 78.2 Å². The second kappa shape index (κ2) is 11.9. The lowest BCUT2D eigenvalue weighted by Crippen LogP contribution is -2.21. The Labute approximate surface area is 222 Å². The molecule has 0 spiro atoms. The predicted octanol–water partition coefficient (Wildman–Crippen LogP) is 7.05. The van der Waals surface area contributed by atoms with Gasteiger partial charge >= 0.3 is 5.97 Å². The van der Waals surface area contributed by atoms with Crippen LogP contribution >= 0.6 is 27.3 Å². The first kappa shape index (κ1) is 25.5. The Hall–Kier alpha value is -3.62. The second-order valence-electron chi connectivity index (χ2n) is 7.65. The number of nitrogens with one attached hydrogen (secondary N) is 1. The van der Waals surface area contributed by atoms with E-state index in [1.165, 1.54) is 11.3 Å². The van der Waals surface area contributed by atoms with Crippen LogP contribution in [0, 0.1) is 0 Å². The molecule has 0 atom stereocenters. The smallest absolute Gasteiger partial charge is 0.341 e. The van der Waals surface area contributed by atoms with Crippen molar-refractivity contribution in [2.24, 2.45) is 0 Å². The number of rotatable bonds is 9. The molecule has 0 saturated heterocycles. The lowest BCUT2D eigenvalue weighted by Gasteiger charge is -2.11. The van der Waals surface area contributed by atoms with Crippen molar-refractivity contribution >= 4 is 44.1 Å². The third kappa shape index (κ3) is 5.95. The summed E-state index contributed by atoms with van der Waals surface area (Å²) >= 11 is 4.78. The first-order valence-electron chi connectivity index (χ1n) is 11.2. The van der Waals surface area contributed by atoms with Gasteiger partial charge in [-0.3, -0.25) is 4.79 Å². The molecule has 0 unspecified atom stereocenters. The van der Waals surface area contributed by atoms with E-state index in [0.29, 0.717) is 27.6 Å². The highest BCUT2D eigenvalue weighted by Crippen LogP contribution is 2.37. The number of halogens is 1. The molecule has 3 aromatic carbocycles. The van der Waals surface area contributed by atoms with Crippen LogP contribution in [-0.2, 0) is 9.53 Å². The summed E-state index contributed by atoms with van der Waals surface area (Å²) in [6.45, 7) is 1.74. The molecule has 36 heavy (non-hydrogen) atoms. The first-order chi connectivity index (χ1) is 17.5. The molecule has 1 N–H and O–H groups in total. The van der Waals surface area contributed by atoms with Crippen LogP contribution in [0.25, 0.3) is 22.3 Å². The minimum Gasteiger partial charge on any atom is -0.497 e. The summed E-state index contributed by atoms with van der Waals surface area (Å²) < 4.78 is 17.0. The van der Waals surface area contributed by atoms with Crippen LogP contribution in [0.5, 0.6) is 11.5 Å². The molecule has 0 aliphatic heterocycles. The first-order valence-corrected chi connectivity index (χ1v) is 12.9. The number of carbonyl (C=O) groups is 2. The monoisotopic (exact) mass is 565 g/mol. The molecule has 4 aromatic rings. The number of ether oxygens (including phenoxy) is 3. The summed E-state index contributed by atoms with van der Waals surface area (Å²) in [5.41, 5.74) is 3.92. The van der Waals surface area contributed by atoms with Gasteiger partial charge in [-0.15, -0.1) is 11.3 Å². The van der Waals surface area contributed by atoms with Gasteiger partial charge < -0.3 is 19.5 Å². The van der Waals surface area contributed by atoms with Gasteiger partial charge in [-0.1, -0.05) is 48.5 Å². The molecule has 0 saturated carbocycles. The molecule has 184 valence electrons. The Morgan fingerprint density at radius 1 is 0.944 bits per heavy atom. The van der Waals surface area contributed by atoms with E-state index in [0.717, 1.165) is 21.2 Å². The highest BCUT2D eigenvalue weighted by Gasteiger charge is 2.23. The SMILES string of the molecule is CCOC(=O)c1c(-c2ccc(OC)cc2)csc1NC(=O)COc1ccc(-c2ccccc2)cc1Br. The summed E-state index contributed by atoms with van der Waals surface area (Å²) in [6, 6.07) is 23.0. The summed E-state index contributed by atoms with van der Waals surface area (Å²) in [5.74, 6) is 0.364. The molecular weight excluding hydrogens is 542 g/mol. The minimum absolute atomic E-state index is 0.221. The Kier molecular flexibility index (Phi) is 8.40. The van der Waals surface area contributed by atoms with Crippen LogP contribution in [0.4, 0.5) is 5.00 Å².